The molecule has 1 unspecified atom stereocenters. The van der Waals surface area contributed by atoms with E-state index in [1.54, 1.807) is 12.5 Å². The molecule has 108 valence electrons. The summed E-state index contributed by atoms with van der Waals surface area (Å²) >= 11 is 0. The predicted octanol–water partition coefficient (Wildman–Crippen LogP) is 3.16. The van der Waals surface area contributed by atoms with Crippen molar-refractivity contribution in [3.05, 3.63) is 24.2 Å². The second-order valence-corrected chi connectivity index (χ2v) is 6.32. The minimum absolute atomic E-state index is 0.0118. The van der Waals surface area contributed by atoms with E-state index in [2.05, 4.69) is 19.3 Å². The summed E-state index contributed by atoms with van der Waals surface area (Å²) in [5.41, 5.74) is 4.19. The van der Waals surface area contributed by atoms with Gasteiger partial charge in [0, 0.05) is 12.2 Å². The van der Waals surface area contributed by atoms with Crippen LogP contribution in [0.2, 0.25) is 0 Å². The molecule has 1 fully saturated rings. The summed E-state index contributed by atoms with van der Waals surface area (Å²) in [5, 5.41) is 0. The van der Waals surface area contributed by atoms with Gasteiger partial charge in [-0.3, -0.25) is 5.84 Å². The van der Waals surface area contributed by atoms with Crippen molar-refractivity contribution in [2.75, 3.05) is 6.61 Å². The molecule has 1 aliphatic carbocycles. The van der Waals surface area contributed by atoms with Crippen LogP contribution in [0.25, 0.3) is 0 Å². The maximum Gasteiger partial charge on any atom is 0.0952 e. The molecule has 4 nitrogen and oxygen atoms in total. The average Bonchev–Trinajstić information content (AvgIpc) is 2.88. The highest BCUT2D eigenvalue weighted by Crippen LogP contribution is 2.47. The molecule has 1 atom stereocenters. The van der Waals surface area contributed by atoms with E-state index in [1.165, 1.54) is 0 Å². The molecule has 4 heteroatoms. The largest absolute Gasteiger partial charge is 0.472 e. The van der Waals surface area contributed by atoms with Crippen LogP contribution in [0.4, 0.5) is 0 Å². The number of hydrogen-bond donors (Lipinski definition) is 2. The molecule has 0 bridgehead atoms. The summed E-state index contributed by atoms with van der Waals surface area (Å²) in [7, 11) is 0. The van der Waals surface area contributed by atoms with Gasteiger partial charge < -0.3 is 9.15 Å². The highest BCUT2D eigenvalue weighted by molar-refractivity contribution is 5.18. The number of nitrogens with one attached hydrogen (secondary N) is 1. The molecule has 1 aromatic rings. The van der Waals surface area contributed by atoms with E-state index < -0.39 is 0 Å². The third kappa shape index (κ3) is 3.02. The molecular formula is C15H26N2O2. The van der Waals surface area contributed by atoms with Gasteiger partial charge in [0.1, 0.15) is 0 Å². The minimum Gasteiger partial charge on any atom is -0.472 e. The van der Waals surface area contributed by atoms with Gasteiger partial charge in [0.25, 0.3) is 0 Å². The van der Waals surface area contributed by atoms with E-state index in [0.29, 0.717) is 12.0 Å². The second kappa shape index (κ2) is 5.65. The Hall–Kier alpha value is -0.840. The average molecular weight is 266 g/mol. The Balaban J connectivity index is 2.23. The number of hydrogen-bond acceptors (Lipinski definition) is 4. The van der Waals surface area contributed by atoms with E-state index >= 15 is 0 Å². The highest BCUT2D eigenvalue weighted by Gasteiger charge is 2.45. The fourth-order valence-electron chi connectivity index (χ4n) is 3.14. The minimum atomic E-state index is -0.219. The fourth-order valence-corrected chi connectivity index (χ4v) is 3.14. The molecule has 0 spiro atoms. The number of ether oxygens (including phenoxy) is 1. The van der Waals surface area contributed by atoms with Gasteiger partial charge in [-0.25, -0.2) is 5.43 Å². The standard InChI is InChI=1S/C15H26N2O2/c1-4-19-15(8-6-14(2,3)7-9-15)13(17-16)12-5-10-18-11-12/h5,10-11,13,17H,4,6-9,16H2,1-3H3. The molecule has 1 saturated carbocycles. The predicted molar refractivity (Wildman–Crippen MR) is 75.4 cm³/mol. The van der Waals surface area contributed by atoms with E-state index in [-0.39, 0.29) is 11.6 Å². The number of furan rings is 1. The zero-order chi connectivity index (χ0) is 13.9. The summed E-state index contributed by atoms with van der Waals surface area (Å²) in [6.45, 7) is 7.40. The first kappa shape index (κ1) is 14.6. The lowest BCUT2D eigenvalue weighted by molar-refractivity contribution is -0.108. The van der Waals surface area contributed by atoms with Crippen molar-refractivity contribution in [3.8, 4) is 0 Å². The van der Waals surface area contributed by atoms with Crippen LogP contribution in [0.3, 0.4) is 0 Å². The second-order valence-electron chi connectivity index (χ2n) is 6.32. The molecular weight excluding hydrogens is 240 g/mol. The SMILES string of the molecule is CCOC1(C(NN)c2ccoc2)CCC(C)(C)CC1. The summed E-state index contributed by atoms with van der Waals surface area (Å²) in [6, 6.07) is 1.95. The van der Waals surface area contributed by atoms with Gasteiger partial charge in [0.05, 0.1) is 24.2 Å². The Morgan fingerprint density at radius 3 is 2.53 bits per heavy atom. The highest BCUT2D eigenvalue weighted by atomic mass is 16.5. The zero-order valence-corrected chi connectivity index (χ0v) is 12.2. The number of hydrazine groups is 1. The number of rotatable bonds is 5. The Bertz CT molecular complexity index is 377. The van der Waals surface area contributed by atoms with Gasteiger partial charge in [-0.1, -0.05) is 13.8 Å². The van der Waals surface area contributed by atoms with Crippen LogP contribution < -0.4 is 11.3 Å². The van der Waals surface area contributed by atoms with Gasteiger partial charge in [0.2, 0.25) is 0 Å². The third-order valence-corrected chi connectivity index (χ3v) is 4.45. The van der Waals surface area contributed by atoms with E-state index in [1.807, 2.05) is 13.0 Å². The van der Waals surface area contributed by atoms with E-state index in [4.69, 9.17) is 15.0 Å². The first-order valence-electron chi connectivity index (χ1n) is 7.15. The van der Waals surface area contributed by atoms with Crippen LogP contribution in [-0.2, 0) is 4.74 Å². The van der Waals surface area contributed by atoms with E-state index in [0.717, 1.165) is 31.2 Å². The molecule has 0 radical (unpaired) electrons. The Morgan fingerprint density at radius 1 is 1.37 bits per heavy atom. The first-order chi connectivity index (χ1) is 9.03. The van der Waals surface area contributed by atoms with Crippen LogP contribution in [0, 0.1) is 5.41 Å². The van der Waals surface area contributed by atoms with Gasteiger partial charge >= 0.3 is 0 Å². The van der Waals surface area contributed by atoms with Crippen molar-refractivity contribution < 1.29 is 9.15 Å². The lowest BCUT2D eigenvalue weighted by Gasteiger charge is -2.47. The van der Waals surface area contributed by atoms with Crippen LogP contribution >= 0.6 is 0 Å². The van der Waals surface area contributed by atoms with Gasteiger partial charge in [0.15, 0.2) is 0 Å². The zero-order valence-electron chi connectivity index (χ0n) is 12.2. The Morgan fingerprint density at radius 2 is 2.05 bits per heavy atom. The van der Waals surface area contributed by atoms with Crippen molar-refractivity contribution in [1.29, 1.82) is 0 Å². The van der Waals surface area contributed by atoms with Crippen LogP contribution in [0.5, 0.6) is 0 Å². The van der Waals surface area contributed by atoms with Crippen molar-refractivity contribution in [2.45, 2.75) is 58.1 Å². The maximum absolute atomic E-state index is 6.16. The fraction of sp³-hybridized carbons (Fsp3) is 0.733. The quantitative estimate of drug-likeness (QED) is 0.635. The van der Waals surface area contributed by atoms with Crippen LogP contribution in [0.1, 0.15) is 58.1 Å². The molecule has 0 amide bonds. The Kier molecular flexibility index (Phi) is 4.33. The molecule has 0 saturated heterocycles. The van der Waals surface area contributed by atoms with E-state index in [9.17, 15) is 0 Å². The van der Waals surface area contributed by atoms with Crippen LogP contribution in [0.15, 0.2) is 23.0 Å². The summed E-state index contributed by atoms with van der Waals surface area (Å²) < 4.78 is 11.4. The molecule has 1 aliphatic rings. The number of nitrogens with two attached hydrogens (primary N) is 1. The first-order valence-corrected chi connectivity index (χ1v) is 7.15. The van der Waals surface area contributed by atoms with Gasteiger partial charge in [-0.05, 0) is 44.1 Å². The monoisotopic (exact) mass is 266 g/mol. The molecule has 1 aromatic heterocycles. The molecule has 2 rings (SSSR count). The molecule has 1 heterocycles. The smallest absolute Gasteiger partial charge is 0.0952 e. The molecule has 0 aromatic carbocycles. The summed E-state index contributed by atoms with van der Waals surface area (Å²) in [5.74, 6) is 5.81. The summed E-state index contributed by atoms with van der Waals surface area (Å²) in [6.07, 6.45) is 7.80. The molecule has 3 N–H and O–H groups in total. The maximum atomic E-state index is 6.16. The Labute approximate surface area is 115 Å². The normalized spacial score (nSPS) is 23.2. The van der Waals surface area contributed by atoms with Crippen molar-refractivity contribution in [3.63, 3.8) is 0 Å². The lowest BCUT2D eigenvalue weighted by Crippen LogP contribution is -2.51. The van der Waals surface area contributed by atoms with Crippen molar-refractivity contribution in [1.82, 2.24) is 5.43 Å². The lowest BCUT2D eigenvalue weighted by atomic mass is 9.67. The van der Waals surface area contributed by atoms with Crippen molar-refractivity contribution >= 4 is 0 Å². The van der Waals surface area contributed by atoms with Crippen molar-refractivity contribution in [2.24, 2.45) is 11.3 Å². The van der Waals surface area contributed by atoms with Crippen LogP contribution in [-0.4, -0.2) is 12.2 Å². The topological polar surface area (TPSA) is 60.4 Å². The van der Waals surface area contributed by atoms with Gasteiger partial charge in [-0.15, -0.1) is 0 Å². The molecule has 19 heavy (non-hydrogen) atoms. The van der Waals surface area contributed by atoms with Gasteiger partial charge in [-0.2, -0.15) is 0 Å². The summed E-state index contributed by atoms with van der Waals surface area (Å²) in [4.78, 5) is 0. The molecule has 0 aliphatic heterocycles. The third-order valence-electron chi connectivity index (χ3n) is 4.45.